The van der Waals surface area contributed by atoms with Crippen molar-refractivity contribution in [2.45, 2.75) is 40.0 Å². The van der Waals surface area contributed by atoms with Gasteiger partial charge in [-0.2, -0.15) is 0 Å². The van der Waals surface area contributed by atoms with E-state index in [0.29, 0.717) is 11.1 Å². The number of benzene rings is 1. The van der Waals surface area contributed by atoms with Crippen LogP contribution in [0.4, 0.5) is 5.69 Å². The lowest BCUT2D eigenvalue weighted by molar-refractivity contribution is -0.384. The van der Waals surface area contributed by atoms with Gasteiger partial charge in [-0.1, -0.05) is 104 Å². The fraction of sp³-hybridized carbons (Fsp3) is 0.500. The molecule has 3 nitrogen and oxygen atoms in total. The van der Waals surface area contributed by atoms with E-state index >= 15 is 0 Å². The van der Waals surface area contributed by atoms with Crippen molar-refractivity contribution in [1.29, 1.82) is 0 Å². The molecule has 1 aromatic carbocycles. The van der Waals surface area contributed by atoms with Crippen LogP contribution >= 0.6 is 151 Å². The Morgan fingerprint density at radius 1 is 0.611 bits per heavy atom. The quantitative estimate of drug-likeness (QED) is 0.163. The maximum Gasteiger partial charge on any atom is 0.288 e. The van der Waals surface area contributed by atoms with Crippen molar-refractivity contribution in [3.8, 4) is 0 Å². The van der Waals surface area contributed by atoms with Gasteiger partial charge >= 0.3 is 0 Å². The molecule has 0 saturated heterocycles. The number of hydrogen-bond donors (Lipinski definition) is 0. The van der Waals surface area contributed by atoms with Crippen LogP contribution < -0.4 is 0 Å². The number of rotatable bonds is 1. The van der Waals surface area contributed by atoms with Crippen LogP contribution in [0.5, 0.6) is 0 Å². The second kappa shape index (κ2) is 7.63. The van der Waals surface area contributed by atoms with E-state index in [1.807, 2.05) is 0 Å². The van der Waals surface area contributed by atoms with E-state index in [9.17, 15) is 10.1 Å². The third-order valence-corrected chi connectivity index (χ3v) is 17.2. The first-order valence-corrected chi connectivity index (χ1v) is 14.8. The molecule has 2 saturated carbocycles. The first-order chi connectivity index (χ1) is 16.3. The van der Waals surface area contributed by atoms with Crippen molar-refractivity contribution in [2.24, 2.45) is 11.8 Å². The number of alkyl halides is 8. The zero-order valence-electron chi connectivity index (χ0n) is 16.6. The van der Waals surface area contributed by atoms with E-state index < -0.39 is 62.4 Å². The number of halogens is 13. The molecule has 0 N–H and O–H groups in total. The van der Waals surface area contributed by atoms with Crippen molar-refractivity contribution in [3.05, 3.63) is 58.5 Å². The van der Waals surface area contributed by atoms with Gasteiger partial charge in [0, 0.05) is 29.7 Å². The number of nitro groups is 1. The van der Waals surface area contributed by atoms with Gasteiger partial charge in [0.2, 0.25) is 0 Å². The first kappa shape index (κ1) is 28.0. The largest absolute Gasteiger partial charge is 0.288 e. The highest BCUT2D eigenvalue weighted by molar-refractivity contribution is 6.67. The molecule has 2 fully saturated rings. The molecule has 36 heavy (non-hydrogen) atoms. The van der Waals surface area contributed by atoms with E-state index in [2.05, 4.69) is 0 Å². The van der Waals surface area contributed by atoms with Crippen molar-refractivity contribution < 1.29 is 4.92 Å². The second-order valence-electron chi connectivity index (χ2n) is 9.45. The molecule has 194 valence electrons. The molecule has 16 heteroatoms. The smallest absolute Gasteiger partial charge is 0.258 e. The summed E-state index contributed by atoms with van der Waals surface area (Å²) in [6, 6.07) is 2.64. The third-order valence-electron chi connectivity index (χ3n) is 8.39. The van der Waals surface area contributed by atoms with Gasteiger partial charge in [-0.3, -0.25) is 10.1 Å². The predicted octanol–water partition coefficient (Wildman–Crippen LogP) is 10.4. The fourth-order valence-electron chi connectivity index (χ4n) is 7.05. The summed E-state index contributed by atoms with van der Waals surface area (Å²) in [7, 11) is 0. The summed E-state index contributed by atoms with van der Waals surface area (Å²) in [6.07, 6.45) is 0. The number of allylic oxidation sites excluding steroid dienone is 4. The molecule has 0 amide bonds. The molecule has 0 radical (unpaired) electrons. The number of nitrogens with zero attached hydrogens (tertiary/aromatic N) is 1. The van der Waals surface area contributed by atoms with Gasteiger partial charge in [-0.15, -0.1) is 46.4 Å². The molecule has 1 aromatic rings. The number of hydrogen-bond acceptors (Lipinski definition) is 2. The summed E-state index contributed by atoms with van der Waals surface area (Å²) < 4.78 is -4.02. The maximum absolute atomic E-state index is 11.8. The maximum atomic E-state index is 11.8. The average molecular weight is 753 g/mol. The van der Waals surface area contributed by atoms with Crippen molar-refractivity contribution >= 4 is 156 Å². The summed E-state index contributed by atoms with van der Waals surface area (Å²) in [6.45, 7) is 0. The summed E-state index contributed by atoms with van der Waals surface area (Å²) in [5, 5.41) is 11.3. The zero-order valence-corrected chi connectivity index (χ0v) is 26.5. The fourth-order valence-corrected chi connectivity index (χ4v) is 13.3. The topological polar surface area (TPSA) is 43.1 Å². The Morgan fingerprint density at radius 2 is 0.944 bits per heavy atom. The van der Waals surface area contributed by atoms with Gasteiger partial charge in [0.15, 0.2) is 8.67 Å². The minimum Gasteiger partial charge on any atom is -0.258 e. The SMILES string of the molecule is O=[N+]([O-])c1cc2c(cc1Cl)[C@@H]1[C@H]([C@@H]3[C@@H]2[C@@]2(Cl)C(Cl)=C(Cl)[C@@]3(Cl)C2(Cl)Cl)[C@@]2(Cl)C(Cl)=C(Cl)[C@@]1(Cl)C2(Cl)Cl. The molecule has 5 aliphatic carbocycles. The monoisotopic (exact) mass is 747 g/mol. The molecule has 0 unspecified atom stereocenters. The first-order valence-electron chi connectivity index (χ1n) is 9.93. The van der Waals surface area contributed by atoms with Crippen LogP contribution in [0.3, 0.4) is 0 Å². The van der Waals surface area contributed by atoms with Crippen LogP contribution in [0.15, 0.2) is 32.3 Å². The molecule has 0 aliphatic heterocycles. The molecule has 6 rings (SSSR count). The van der Waals surface area contributed by atoms with E-state index in [-0.39, 0.29) is 25.2 Å². The Bertz CT molecular complexity index is 1390. The van der Waals surface area contributed by atoms with Crippen LogP contribution in [0.25, 0.3) is 0 Å². The summed E-state index contributed by atoms with van der Waals surface area (Å²) in [5.74, 6) is -3.78. The number of nitro benzene ring substituents is 1. The highest BCUT2D eigenvalue weighted by atomic mass is 35.5. The Morgan fingerprint density at radius 3 is 1.31 bits per heavy atom. The Balaban J connectivity index is 1.80. The van der Waals surface area contributed by atoms with E-state index in [1.54, 1.807) is 0 Å². The van der Waals surface area contributed by atoms with Crippen LogP contribution in [0.1, 0.15) is 23.0 Å². The second-order valence-corrected chi connectivity index (χ2v) is 16.4. The minimum atomic E-state index is -2.02. The van der Waals surface area contributed by atoms with Crippen LogP contribution in [0.2, 0.25) is 5.02 Å². The molecular weight excluding hydrogens is 747 g/mol. The van der Waals surface area contributed by atoms with E-state index in [0.717, 1.165) is 0 Å². The Kier molecular flexibility index (Phi) is 5.93. The van der Waals surface area contributed by atoms with Crippen molar-refractivity contribution in [2.75, 3.05) is 0 Å². The predicted molar refractivity (Wildman–Crippen MR) is 151 cm³/mol. The molecule has 4 bridgehead atoms. The molecule has 5 aliphatic rings. The lowest BCUT2D eigenvalue weighted by Gasteiger charge is -2.52. The van der Waals surface area contributed by atoms with Gasteiger partial charge in [0.25, 0.3) is 5.69 Å². The lowest BCUT2D eigenvalue weighted by Crippen LogP contribution is -2.53. The van der Waals surface area contributed by atoms with Crippen LogP contribution in [-0.4, -0.2) is 33.1 Å². The molecule has 0 heterocycles. The highest BCUT2D eigenvalue weighted by Gasteiger charge is 2.91. The van der Waals surface area contributed by atoms with Gasteiger partial charge in [0.1, 0.15) is 24.5 Å². The Labute approximate surface area is 269 Å². The van der Waals surface area contributed by atoms with Gasteiger partial charge in [-0.25, -0.2) is 0 Å². The standard InChI is InChI=1S/C20H6Cl13NO2/c21-5-1-3-4(2-6(5)34(35)36)8-10(18(29)14(25)12(23)16(8,27)20(18,32)33)9-7(3)15(26)11(22)13(24)17(9,28)19(15,30)31/h1-2,7-10H/t7-,8-,9-,10+,15-,16-,17-,18-/m1/s1. The van der Waals surface area contributed by atoms with Gasteiger partial charge in [0.05, 0.1) is 25.1 Å². The Hall–Kier alpha value is 1.87. The highest BCUT2D eigenvalue weighted by Crippen LogP contribution is 2.88. The van der Waals surface area contributed by atoms with Crippen LogP contribution in [-0.2, 0) is 0 Å². The van der Waals surface area contributed by atoms with Gasteiger partial charge in [-0.05, 0) is 17.2 Å². The van der Waals surface area contributed by atoms with Crippen molar-refractivity contribution in [3.63, 3.8) is 0 Å². The van der Waals surface area contributed by atoms with E-state index in [1.165, 1.54) is 12.1 Å². The normalized spacial score (nSPS) is 46.8. The third kappa shape index (κ3) is 2.43. The molecule has 8 atom stereocenters. The molecule has 0 spiro atoms. The summed E-state index contributed by atoms with van der Waals surface area (Å²) >= 11 is 89.3. The summed E-state index contributed by atoms with van der Waals surface area (Å²) in [5.41, 5.74) is 0.288. The van der Waals surface area contributed by atoms with Gasteiger partial charge < -0.3 is 0 Å². The van der Waals surface area contributed by atoms with E-state index in [4.69, 9.17) is 151 Å². The zero-order chi connectivity index (χ0) is 26.9. The van der Waals surface area contributed by atoms with Crippen LogP contribution in [0, 0.1) is 22.0 Å². The number of fused-ring (bicyclic) bond motifs is 14. The minimum absolute atomic E-state index is 0.0824. The summed E-state index contributed by atoms with van der Waals surface area (Å²) in [4.78, 5) is 3.89. The molecular formula is C20H6Cl13NO2. The molecule has 0 aromatic heterocycles. The van der Waals surface area contributed by atoms with Crippen molar-refractivity contribution in [1.82, 2.24) is 0 Å². The average Bonchev–Trinajstić information content (AvgIpc) is 3.12. The lowest BCUT2D eigenvalue weighted by atomic mass is 9.57.